The number of hydrogen-bond donors (Lipinski definition) is 5. The molecule has 0 fully saturated rings. The van der Waals surface area contributed by atoms with Crippen molar-refractivity contribution < 1.29 is 37.8 Å². The molecule has 0 aromatic carbocycles. The summed E-state index contributed by atoms with van der Waals surface area (Å²) in [6.07, 6.45) is -0.0361. The highest BCUT2D eigenvalue weighted by molar-refractivity contribution is 7.80. The summed E-state index contributed by atoms with van der Waals surface area (Å²) in [6, 6.07) is 0. The molecule has 11 heteroatoms. The first-order valence-electron chi connectivity index (χ1n) is 4.05. The van der Waals surface area contributed by atoms with Gasteiger partial charge in [0, 0.05) is 12.2 Å². The topological polar surface area (TPSA) is 134 Å². The van der Waals surface area contributed by atoms with Crippen LogP contribution in [0, 0.1) is 0 Å². The first-order valence-corrected chi connectivity index (χ1v) is 7.71. The molecule has 0 aromatic rings. The van der Waals surface area contributed by atoms with E-state index in [4.69, 9.17) is 14.7 Å². The predicted octanol–water partition coefficient (Wildman–Crippen LogP) is 0.284. The van der Waals surface area contributed by atoms with Crippen molar-refractivity contribution in [2.45, 2.75) is 18.9 Å². The maximum absolute atomic E-state index is 10.9. The predicted molar refractivity (Wildman–Crippen MR) is 58.0 cm³/mol. The van der Waals surface area contributed by atoms with Crippen molar-refractivity contribution in [1.29, 1.82) is 0 Å². The molecular formula is C5H14O8P2S. The summed E-state index contributed by atoms with van der Waals surface area (Å²) < 4.78 is 29.0. The largest absolute Gasteiger partial charge is 0.481 e. The average Bonchev–Trinajstić information content (AvgIpc) is 1.98. The Hall–Kier alpha value is 0.570. The molecule has 2 atom stereocenters. The molecule has 0 saturated heterocycles. The second-order valence-electron chi connectivity index (χ2n) is 3.28. The highest BCUT2D eigenvalue weighted by Crippen LogP contribution is 2.57. The molecule has 98 valence electrons. The molecule has 8 nitrogen and oxygen atoms in total. The number of phosphoric acid groups is 2. The molecule has 0 spiro atoms. The third-order valence-corrected chi connectivity index (χ3v) is 4.31. The molecule has 0 aromatic heterocycles. The van der Waals surface area contributed by atoms with Crippen molar-refractivity contribution in [3.63, 3.8) is 0 Å². The van der Waals surface area contributed by atoms with Crippen molar-refractivity contribution in [3.8, 4) is 0 Å². The smallest absolute Gasteiger partial charge is 0.389 e. The second kappa shape index (κ2) is 5.95. The fraction of sp³-hybridized carbons (Fsp3) is 1.00. The van der Waals surface area contributed by atoms with Crippen molar-refractivity contribution in [3.05, 3.63) is 0 Å². The van der Waals surface area contributed by atoms with E-state index in [2.05, 4.69) is 21.5 Å². The van der Waals surface area contributed by atoms with Crippen LogP contribution in [0.3, 0.4) is 0 Å². The van der Waals surface area contributed by atoms with Gasteiger partial charge in [-0.1, -0.05) is 0 Å². The Morgan fingerprint density at radius 3 is 2.19 bits per heavy atom. The molecule has 0 aliphatic rings. The van der Waals surface area contributed by atoms with Crippen LogP contribution < -0.4 is 0 Å². The average molecular weight is 296 g/mol. The molecule has 0 aliphatic heterocycles. The first-order chi connectivity index (χ1) is 6.97. The van der Waals surface area contributed by atoms with Gasteiger partial charge in [0.1, 0.15) is 0 Å². The summed E-state index contributed by atoms with van der Waals surface area (Å²) in [5.74, 6) is 0.103. The van der Waals surface area contributed by atoms with Crippen LogP contribution in [0.1, 0.15) is 13.3 Å². The van der Waals surface area contributed by atoms with Crippen molar-refractivity contribution >= 4 is 28.3 Å². The molecule has 0 saturated carbocycles. The maximum atomic E-state index is 10.9. The zero-order valence-electron chi connectivity index (χ0n) is 8.38. The van der Waals surface area contributed by atoms with E-state index >= 15 is 0 Å². The van der Waals surface area contributed by atoms with E-state index in [0.717, 1.165) is 0 Å². The Morgan fingerprint density at radius 1 is 1.31 bits per heavy atom. The summed E-state index contributed by atoms with van der Waals surface area (Å²) in [5.41, 5.74) is -1.20. The number of thiol groups is 1. The summed E-state index contributed by atoms with van der Waals surface area (Å²) in [7, 11) is -9.90. The van der Waals surface area contributed by atoms with Crippen molar-refractivity contribution in [2.24, 2.45) is 0 Å². The van der Waals surface area contributed by atoms with Gasteiger partial charge in [-0.2, -0.15) is 16.9 Å². The quantitative estimate of drug-likeness (QED) is 0.334. The Bertz CT molecular complexity index is 312. The summed E-state index contributed by atoms with van der Waals surface area (Å²) in [4.78, 5) is 25.4. The van der Waals surface area contributed by atoms with E-state index < -0.39 is 27.9 Å². The Labute approximate surface area is 97.9 Å². The SMILES string of the molecule is C[C@](O)(CS)CCOP(=O)(O)OP(=O)(O)O. The molecular weight excluding hydrogens is 282 g/mol. The Morgan fingerprint density at radius 2 is 1.81 bits per heavy atom. The number of rotatable bonds is 7. The first kappa shape index (κ1) is 16.6. The summed E-state index contributed by atoms with van der Waals surface area (Å²) >= 11 is 3.82. The van der Waals surface area contributed by atoms with Crippen LogP contribution >= 0.6 is 28.3 Å². The summed E-state index contributed by atoms with van der Waals surface area (Å²) in [6.45, 7) is 1.02. The van der Waals surface area contributed by atoms with Gasteiger partial charge in [0.15, 0.2) is 0 Å². The highest BCUT2D eigenvalue weighted by Gasteiger charge is 2.32. The maximum Gasteiger partial charge on any atom is 0.481 e. The van der Waals surface area contributed by atoms with Crippen molar-refractivity contribution in [1.82, 2.24) is 0 Å². The minimum atomic E-state index is -5.09. The molecule has 0 bridgehead atoms. The number of hydrogen-bond acceptors (Lipinski definition) is 6. The molecule has 4 N–H and O–H groups in total. The van der Waals surface area contributed by atoms with Gasteiger partial charge >= 0.3 is 15.6 Å². The van der Waals surface area contributed by atoms with Gasteiger partial charge in [-0.25, -0.2) is 9.13 Å². The van der Waals surface area contributed by atoms with Gasteiger partial charge in [-0.15, -0.1) is 0 Å². The van der Waals surface area contributed by atoms with E-state index in [1.807, 2.05) is 0 Å². The van der Waals surface area contributed by atoms with Crippen LogP contribution in [0.5, 0.6) is 0 Å². The van der Waals surface area contributed by atoms with Gasteiger partial charge in [0.25, 0.3) is 0 Å². The second-order valence-corrected chi connectivity index (χ2v) is 6.42. The molecule has 1 unspecified atom stereocenters. The van der Waals surface area contributed by atoms with E-state index in [9.17, 15) is 14.2 Å². The zero-order chi connectivity index (χ0) is 13.0. The molecule has 0 rings (SSSR count). The lowest BCUT2D eigenvalue weighted by molar-refractivity contribution is 0.0546. The van der Waals surface area contributed by atoms with Crippen LogP contribution in [0.4, 0.5) is 0 Å². The highest BCUT2D eigenvalue weighted by atomic mass is 32.1. The zero-order valence-corrected chi connectivity index (χ0v) is 11.1. The standard InChI is InChI=1S/C5H14O8P2S/c1-5(6,4-16)2-3-12-15(10,11)13-14(7,8)9/h6,16H,2-4H2,1H3,(H,10,11)(H2,7,8,9)/t5-/m1/s1. The van der Waals surface area contributed by atoms with Crippen LogP contribution in [-0.4, -0.2) is 37.7 Å². The fourth-order valence-corrected chi connectivity index (χ4v) is 2.36. The van der Waals surface area contributed by atoms with Crippen LogP contribution in [0.2, 0.25) is 0 Å². The van der Waals surface area contributed by atoms with Crippen molar-refractivity contribution in [2.75, 3.05) is 12.4 Å². The lowest BCUT2D eigenvalue weighted by atomic mass is 10.1. The van der Waals surface area contributed by atoms with Crippen LogP contribution in [0.15, 0.2) is 0 Å². The van der Waals surface area contributed by atoms with Gasteiger partial charge in [0.2, 0.25) is 0 Å². The van der Waals surface area contributed by atoms with E-state index in [1.165, 1.54) is 6.92 Å². The Balaban J connectivity index is 4.11. The molecule has 0 aliphatic carbocycles. The third kappa shape index (κ3) is 8.69. The van der Waals surface area contributed by atoms with Gasteiger partial charge < -0.3 is 19.8 Å². The molecule has 0 heterocycles. The van der Waals surface area contributed by atoms with E-state index in [0.29, 0.717) is 0 Å². The lowest BCUT2D eigenvalue weighted by Crippen LogP contribution is -2.27. The minimum Gasteiger partial charge on any atom is -0.389 e. The monoisotopic (exact) mass is 296 g/mol. The van der Waals surface area contributed by atoms with Gasteiger partial charge in [-0.3, -0.25) is 4.52 Å². The van der Waals surface area contributed by atoms with Gasteiger partial charge in [-0.05, 0) is 6.92 Å². The van der Waals surface area contributed by atoms with E-state index in [-0.39, 0.29) is 12.2 Å². The lowest BCUT2D eigenvalue weighted by Gasteiger charge is -2.21. The number of phosphoric ester groups is 1. The fourth-order valence-electron chi connectivity index (χ4n) is 0.618. The van der Waals surface area contributed by atoms with Crippen LogP contribution in [-0.2, 0) is 18.0 Å². The number of aliphatic hydroxyl groups is 1. The van der Waals surface area contributed by atoms with Crippen LogP contribution in [0.25, 0.3) is 0 Å². The van der Waals surface area contributed by atoms with E-state index in [1.54, 1.807) is 0 Å². The molecule has 16 heavy (non-hydrogen) atoms. The minimum absolute atomic E-state index is 0.0361. The normalized spacial score (nSPS) is 20.1. The Kier molecular flexibility index (Phi) is 6.16. The third-order valence-electron chi connectivity index (χ3n) is 1.45. The van der Waals surface area contributed by atoms with Gasteiger partial charge in [0.05, 0.1) is 12.2 Å². The molecule has 0 amide bonds. The summed E-state index contributed by atoms with van der Waals surface area (Å²) in [5, 5.41) is 9.43. The molecule has 0 radical (unpaired) electrons.